The molecule has 0 aliphatic carbocycles. The van der Waals surface area contributed by atoms with Gasteiger partial charge in [-0.05, 0) is 31.5 Å². The van der Waals surface area contributed by atoms with Crippen molar-refractivity contribution in [1.29, 1.82) is 0 Å². The molecule has 0 atom stereocenters. The van der Waals surface area contributed by atoms with Crippen LogP contribution in [0.15, 0.2) is 6.07 Å². The lowest BCUT2D eigenvalue weighted by atomic mass is 10.4. The molecule has 0 aromatic carbocycles. The monoisotopic (exact) mass is 249 g/mol. The molecule has 96 valence electrons. The number of aromatic amines is 1. The lowest BCUT2D eigenvalue weighted by molar-refractivity contribution is 0.0942. The average Bonchev–Trinajstić information content (AvgIpc) is 2.94. The first-order chi connectivity index (χ1) is 8.66. The summed E-state index contributed by atoms with van der Waals surface area (Å²) in [4.78, 5) is 11.5. The van der Waals surface area contributed by atoms with Crippen LogP contribution in [0.2, 0.25) is 0 Å². The number of aryl methyl sites for hydroxylation is 3. The second-order valence-corrected chi connectivity index (χ2v) is 4.00. The topological polar surface area (TPSA) is 101 Å². The molecule has 0 bridgehead atoms. The number of hydrogen-bond acceptors (Lipinski definition) is 5. The number of carbonyl (C=O) groups is 1. The van der Waals surface area contributed by atoms with Gasteiger partial charge in [-0.25, -0.2) is 0 Å². The molecule has 18 heavy (non-hydrogen) atoms. The van der Waals surface area contributed by atoms with Crippen molar-refractivity contribution in [3.63, 3.8) is 0 Å². The second kappa shape index (κ2) is 5.39. The van der Waals surface area contributed by atoms with E-state index in [1.807, 2.05) is 24.6 Å². The van der Waals surface area contributed by atoms with Crippen LogP contribution in [-0.4, -0.2) is 42.9 Å². The zero-order valence-electron chi connectivity index (χ0n) is 10.3. The van der Waals surface area contributed by atoms with Gasteiger partial charge in [0.2, 0.25) is 0 Å². The number of nitrogens with zero attached hydrogens (tertiary/aromatic N) is 5. The van der Waals surface area contributed by atoms with Gasteiger partial charge in [-0.2, -0.15) is 10.3 Å². The van der Waals surface area contributed by atoms with Crippen molar-refractivity contribution >= 4 is 5.91 Å². The molecule has 1 amide bonds. The van der Waals surface area contributed by atoms with Crippen LogP contribution >= 0.6 is 0 Å². The van der Waals surface area contributed by atoms with Gasteiger partial charge in [0, 0.05) is 18.8 Å². The third-order valence-electron chi connectivity index (χ3n) is 2.48. The molecular weight excluding hydrogens is 234 g/mol. The molecule has 2 heterocycles. The van der Waals surface area contributed by atoms with Crippen LogP contribution in [0, 0.1) is 13.8 Å². The van der Waals surface area contributed by atoms with Gasteiger partial charge in [0.1, 0.15) is 0 Å². The minimum atomic E-state index is -0.322. The number of tetrazole rings is 1. The minimum absolute atomic E-state index is 0.0566. The molecule has 0 aliphatic rings. The Morgan fingerprint density at radius 3 is 2.94 bits per heavy atom. The van der Waals surface area contributed by atoms with Gasteiger partial charge in [0.25, 0.3) is 11.7 Å². The van der Waals surface area contributed by atoms with E-state index in [4.69, 9.17) is 0 Å². The largest absolute Gasteiger partial charge is 0.349 e. The van der Waals surface area contributed by atoms with Crippen molar-refractivity contribution in [3.05, 3.63) is 23.3 Å². The quantitative estimate of drug-likeness (QED) is 0.716. The van der Waals surface area contributed by atoms with Crippen LogP contribution in [0.1, 0.15) is 28.4 Å². The molecule has 0 saturated heterocycles. The van der Waals surface area contributed by atoms with Gasteiger partial charge in [-0.3, -0.25) is 9.48 Å². The van der Waals surface area contributed by atoms with Crippen molar-refractivity contribution in [1.82, 2.24) is 35.7 Å². The maximum Gasteiger partial charge on any atom is 0.292 e. The van der Waals surface area contributed by atoms with Crippen molar-refractivity contribution in [3.8, 4) is 0 Å². The number of rotatable bonds is 5. The molecule has 2 rings (SSSR count). The van der Waals surface area contributed by atoms with E-state index in [0.29, 0.717) is 6.54 Å². The highest BCUT2D eigenvalue weighted by atomic mass is 16.2. The van der Waals surface area contributed by atoms with Crippen LogP contribution in [0.5, 0.6) is 0 Å². The van der Waals surface area contributed by atoms with E-state index < -0.39 is 0 Å². The Morgan fingerprint density at radius 2 is 2.33 bits per heavy atom. The summed E-state index contributed by atoms with van der Waals surface area (Å²) in [6, 6.07) is 2.03. The number of H-pyrrole nitrogens is 1. The Morgan fingerprint density at radius 1 is 1.50 bits per heavy atom. The molecule has 0 saturated carbocycles. The molecule has 0 fully saturated rings. The van der Waals surface area contributed by atoms with E-state index in [9.17, 15) is 4.79 Å². The highest BCUT2D eigenvalue weighted by Gasteiger charge is 2.09. The van der Waals surface area contributed by atoms with Crippen LogP contribution in [0.4, 0.5) is 0 Å². The smallest absolute Gasteiger partial charge is 0.292 e. The highest BCUT2D eigenvalue weighted by Crippen LogP contribution is 2.02. The van der Waals surface area contributed by atoms with Gasteiger partial charge in [-0.1, -0.05) is 0 Å². The Bertz CT molecular complexity index is 516. The average molecular weight is 249 g/mol. The fourth-order valence-corrected chi connectivity index (χ4v) is 1.67. The Labute approximate surface area is 104 Å². The van der Waals surface area contributed by atoms with Crippen molar-refractivity contribution in [2.75, 3.05) is 6.54 Å². The SMILES string of the molecule is Cc1cc(C)n(CCCNC(=O)c2nn[nH]n2)n1. The lowest BCUT2D eigenvalue weighted by Crippen LogP contribution is -2.26. The van der Waals surface area contributed by atoms with E-state index in [2.05, 4.69) is 31.0 Å². The zero-order valence-corrected chi connectivity index (χ0v) is 10.3. The number of hydrogen-bond donors (Lipinski definition) is 2. The van der Waals surface area contributed by atoms with E-state index in [1.165, 1.54) is 0 Å². The molecule has 0 radical (unpaired) electrons. The first-order valence-corrected chi connectivity index (χ1v) is 5.69. The first-order valence-electron chi connectivity index (χ1n) is 5.69. The Balaban J connectivity index is 1.73. The van der Waals surface area contributed by atoms with E-state index in [0.717, 1.165) is 24.4 Å². The first kappa shape index (κ1) is 12.2. The lowest BCUT2D eigenvalue weighted by Gasteiger charge is -2.04. The van der Waals surface area contributed by atoms with Crippen molar-refractivity contribution < 1.29 is 4.79 Å². The van der Waals surface area contributed by atoms with Gasteiger partial charge in [0.15, 0.2) is 0 Å². The van der Waals surface area contributed by atoms with Gasteiger partial charge in [0.05, 0.1) is 5.69 Å². The molecular formula is C10H15N7O. The van der Waals surface area contributed by atoms with Gasteiger partial charge < -0.3 is 5.32 Å². The van der Waals surface area contributed by atoms with Crippen LogP contribution in [0.3, 0.4) is 0 Å². The van der Waals surface area contributed by atoms with Crippen LogP contribution in [-0.2, 0) is 6.54 Å². The molecule has 0 spiro atoms. The molecule has 2 aromatic heterocycles. The molecule has 0 unspecified atom stereocenters. The maximum absolute atomic E-state index is 11.5. The summed E-state index contributed by atoms with van der Waals surface area (Å²) in [5.41, 5.74) is 2.13. The number of aromatic nitrogens is 6. The zero-order chi connectivity index (χ0) is 13.0. The summed E-state index contributed by atoms with van der Waals surface area (Å²) >= 11 is 0. The van der Waals surface area contributed by atoms with E-state index >= 15 is 0 Å². The van der Waals surface area contributed by atoms with Crippen molar-refractivity contribution in [2.45, 2.75) is 26.8 Å². The van der Waals surface area contributed by atoms with Crippen LogP contribution in [0.25, 0.3) is 0 Å². The summed E-state index contributed by atoms with van der Waals surface area (Å²) in [5.74, 6) is -0.266. The highest BCUT2D eigenvalue weighted by molar-refractivity contribution is 5.89. The van der Waals surface area contributed by atoms with E-state index in [-0.39, 0.29) is 11.7 Å². The second-order valence-electron chi connectivity index (χ2n) is 4.00. The summed E-state index contributed by atoms with van der Waals surface area (Å²) in [6.07, 6.45) is 0.797. The third kappa shape index (κ3) is 2.90. The fourth-order valence-electron chi connectivity index (χ4n) is 1.67. The van der Waals surface area contributed by atoms with Crippen molar-refractivity contribution in [2.24, 2.45) is 0 Å². The predicted octanol–water partition coefficient (Wildman–Crippen LogP) is -0.167. The summed E-state index contributed by atoms with van der Waals surface area (Å²) in [6.45, 7) is 5.29. The van der Waals surface area contributed by atoms with Gasteiger partial charge in [-0.15, -0.1) is 10.2 Å². The molecule has 2 N–H and O–H groups in total. The predicted molar refractivity (Wildman–Crippen MR) is 62.8 cm³/mol. The normalized spacial score (nSPS) is 10.6. The van der Waals surface area contributed by atoms with Gasteiger partial charge >= 0.3 is 0 Å². The van der Waals surface area contributed by atoms with Crippen LogP contribution < -0.4 is 5.32 Å². The summed E-state index contributed by atoms with van der Waals surface area (Å²) in [5, 5.41) is 19.8. The number of carbonyl (C=O) groups excluding carboxylic acids is 1. The minimum Gasteiger partial charge on any atom is -0.349 e. The molecule has 2 aromatic rings. The Kier molecular flexibility index (Phi) is 3.66. The summed E-state index contributed by atoms with van der Waals surface area (Å²) in [7, 11) is 0. The molecule has 0 aliphatic heterocycles. The Hall–Kier alpha value is -2.25. The standard InChI is InChI=1S/C10H15N7O/c1-7-6-8(2)17(14-7)5-3-4-11-10(18)9-12-15-16-13-9/h6H,3-5H2,1-2H3,(H,11,18)(H,12,13,15,16). The molecule has 8 heteroatoms. The number of amides is 1. The number of nitrogens with one attached hydrogen (secondary N) is 2. The fraction of sp³-hybridized carbons (Fsp3) is 0.500. The molecule has 8 nitrogen and oxygen atoms in total. The summed E-state index contributed by atoms with van der Waals surface area (Å²) < 4.78 is 1.93. The third-order valence-corrected chi connectivity index (χ3v) is 2.48. The van der Waals surface area contributed by atoms with E-state index in [1.54, 1.807) is 0 Å². The maximum atomic E-state index is 11.5.